The highest BCUT2D eigenvalue weighted by atomic mass is 35.5. The number of carboxylic acid groups (broad SMARTS) is 1. The standard InChI is InChI=1S/C17H15Cl2NO3/c1-10(8-11-4-2-3-5-13(11)18)16(21)20-15-9-12(17(22)23)6-7-14(15)19/h2-7,9-10H,8H2,1H3,(H,20,21)(H,22,23). The number of carboxylic acids is 1. The topological polar surface area (TPSA) is 66.4 Å². The second kappa shape index (κ2) is 7.49. The van der Waals surface area contributed by atoms with Gasteiger partial charge in [0.1, 0.15) is 0 Å². The van der Waals surface area contributed by atoms with Crippen molar-refractivity contribution in [2.75, 3.05) is 5.32 Å². The van der Waals surface area contributed by atoms with Crippen molar-refractivity contribution in [2.24, 2.45) is 5.92 Å². The lowest BCUT2D eigenvalue weighted by Crippen LogP contribution is -2.22. The van der Waals surface area contributed by atoms with E-state index < -0.39 is 5.97 Å². The van der Waals surface area contributed by atoms with Gasteiger partial charge in [0.2, 0.25) is 5.91 Å². The summed E-state index contributed by atoms with van der Waals surface area (Å²) in [6, 6.07) is 11.5. The van der Waals surface area contributed by atoms with Crippen molar-refractivity contribution in [3.05, 3.63) is 63.6 Å². The summed E-state index contributed by atoms with van der Waals surface area (Å²) in [5.41, 5.74) is 1.22. The van der Waals surface area contributed by atoms with Crippen molar-refractivity contribution in [3.63, 3.8) is 0 Å². The van der Waals surface area contributed by atoms with Gasteiger partial charge in [-0.15, -0.1) is 0 Å². The SMILES string of the molecule is CC(Cc1ccccc1Cl)C(=O)Nc1cc(C(=O)O)ccc1Cl. The first-order chi connectivity index (χ1) is 10.9. The number of anilines is 1. The van der Waals surface area contributed by atoms with E-state index >= 15 is 0 Å². The summed E-state index contributed by atoms with van der Waals surface area (Å²) >= 11 is 12.1. The average Bonchev–Trinajstić information content (AvgIpc) is 2.51. The summed E-state index contributed by atoms with van der Waals surface area (Å²) < 4.78 is 0. The lowest BCUT2D eigenvalue weighted by Gasteiger charge is -2.14. The zero-order chi connectivity index (χ0) is 17.0. The Morgan fingerprint density at radius 2 is 1.83 bits per heavy atom. The number of halogens is 2. The smallest absolute Gasteiger partial charge is 0.335 e. The molecule has 0 aliphatic carbocycles. The Labute approximate surface area is 144 Å². The quantitative estimate of drug-likeness (QED) is 0.832. The molecule has 120 valence electrons. The van der Waals surface area contributed by atoms with Crippen molar-refractivity contribution < 1.29 is 14.7 Å². The second-order valence-electron chi connectivity index (χ2n) is 5.19. The molecule has 0 spiro atoms. The summed E-state index contributed by atoms with van der Waals surface area (Å²) in [5, 5.41) is 12.6. The summed E-state index contributed by atoms with van der Waals surface area (Å²) in [6.07, 6.45) is 0.474. The number of nitrogens with one attached hydrogen (secondary N) is 1. The first kappa shape index (κ1) is 17.3. The highest BCUT2D eigenvalue weighted by Gasteiger charge is 2.17. The van der Waals surface area contributed by atoms with Gasteiger partial charge in [0.15, 0.2) is 0 Å². The number of benzene rings is 2. The predicted molar refractivity (Wildman–Crippen MR) is 91.4 cm³/mol. The van der Waals surface area contributed by atoms with Crippen LogP contribution in [0, 0.1) is 5.92 Å². The minimum absolute atomic E-state index is 0.0588. The molecule has 1 atom stereocenters. The Balaban J connectivity index is 2.11. The Bertz CT molecular complexity index is 746. The fourth-order valence-corrected chi connectivity index (χ4v) is 2.47. The molecule has 0 saturated carbocycles. The van der Waals surface area contributed by atoms with Crippen LogP contribution in [-0.4, -0.2) is 17.0 Å². The molecule has 4 nitrogen and oxygen atoms in total. The first-order valence-electron chi connectivity index (χ1n) is 6.95. The van der Waals surface area contributed by atoms with Crippen LogP contribution in [0.3, 0.4) is 0 Å². The minimum Gasteiger partial charge on any atom is -0.478 e. The Hall–Kier alpha value is -2.04. The Kier molecular flexibility index (Phi) is 5.64. The molecule has 2 N–H and O–H groups in total. The molecule has 0 heterocycles. The van der Waals surface area contributed by atoms with Crippen LogP contribution in [0.25, 0.3) is 0 Å². The van der Waals surface area contributed by atoms with Crippen LogP contribution in [0.5, 0.6) is 0 Å². The normalized spacial score (nSPS) is 11.8. The highest BCUT2D eigenvalue weighted by molar-refractivity contribution is 6.34. The van der Waals surface area contributed by atoms with E-state index in [4.69, 9.17) is 28.3 Å². The maximum atomic E-state index is 12.3. The van der Waals surface area contributed by atoms with Crippen LogP contribution >= 0.6 is 23.2 Å². The van der Waals surface area contributed by atoms with Gasteiger partial charge in [-0.1, -0.05) is 48.3 Å². The molecule has 2 aromatic rings. The van der Waals surface area contributed by atoms with E-state index in [0.29, 0.717) is 11.4 Å². The van der Waals surface area contributed by atoms with Crippen molar-refractivity contribution in [1.29, 1.82) is 0 Å². The first-order valence-corrected chi connectivity index (χ1v) is 7.71. The van der Waals surface area contributed by atoms with Crippen LogP contribution in [0.15, 0.2) is 42.5 Å². The molecule has 1 unspecified atom stereocenters. The third-order valence-electron chi connectivity index (χ3n) is 3.40. The number of rotatable bonds is 5. The minimum atomic E-state index is -1.08. The van der Waals surface area contributed by atoms with E-state index in [1.165, 1.54) is 18.2 Å². The highest BCUT2D eigenvalue weighted by Crippen LogP contribution is 2.25. The van der Waals surface area contributed by atoms with E-state index in [-0.39, 0.29) is 28.1 Å². The summed E-state index contributed by atoms with van der Waals surface area (Å²) in [5.74, 6) is -1.69. The molecule has 0 aliphatic heterocycles. The summed E-state index contributed by atoms with van der Waals surface area (Å²) in [7, 11) is 0. The van der Waals surface area contributed by atoms with Gasteiger partial charge in [0, 0.05) is 10.9 Å². The largest absolute Gasteiger partial charge is 0.478 e. The second-order valence-corrected chi connectivity index (χ2v) is 6.00. The number of carbonyl (C=O) groups is 2. The zero-order valence-electron chi connectivity index (χ0n) is 12.3. The van der Waals surface area contributed by atoms with Gasteiger partial charge < -0.3 is 10.4 Å². The van der Waals surface area contributed by atoms with Gasteiger partial charge in [0.25, 0.3) is 0 Å². The zero-order valence-corrected chi connectivity index (χ0v) is 13.9. The Morgan fingerprint density at radius 1 is 1.13 bits per heavy atom. The van der Waals surface area contributed by atoms with Gasteiger partial charge in [-0.05, 0) is 36.2 Å². The third-order valence-corrected chi connectivity index (χ3v) is 4.10. The molecule has 2 aromatic carbocycles. The molecule has 2 rings (SSSR count). The number of aromatic carboxylic acids is 1. The van der Waals surface area contributed by atoms with Gasteiger partial charge in [-0.3, -0.25) is 4.79 Å². The van der Waals surface area contributed by atoms with Gasteiger partial charge in [-0.2, -0.15) is 0 Å². The monoisotopic (exact) mass is 351 g/mol. The van der Waals surface area contributed by atoms with Crippen LogP contribution in [0.2, 0.25) is 10.0 Å². The van der Waals surface area contributed by atoms with Gasteiger partial charge >= 0.3 is 5.97 Å². The van der Waals surface area contributed by atoms with Crippen LogP contribution in [-0.2, 0) is 11.2 Å². The van der Waals surface area contributed by atoms with Crippen molar-refractivity contribution in [1.82, 2.24) is 0 Å². The molecule has 0 bridgehead atoms. The summed E-state index contributed by atoms with van der Waals surface area (Å²) in [4.78, 5) is 23.3. The molecule has 0 radical (unpaired) electrons. The molecule has 0 saturated heterocycles. The van der Waals surface area contributed by atoms with Crippen LogP contribution < -0.4 is 5.32 Å². The maximum Gasteiger partial charge on any atom is 0.335 e. The molecule has 0 aliphatic rings. The number of hydrogen-bond acceptors (Lipinski definition) is 2. The van der Waals surface area contributed by atoms with E-state index in [1.807, 2.05) is 18.2 Å². The van der Waals surface area contributed by atoms with Gasteiger partial charge in [-0.25, -0.2) is 4.79 Å². The third kappa shape index (κ3) is 4.47. The van der Waals surface area contributed by atoms with Gasteiger partial charge in [0.05, 0.1) is 16.3 Å². The van der Waals surface area contributed by atoms with Crippen LogP contribution in [0.1, 0.15) is 22.8 Å². The maximum absolute atomic E-state index is 12.3. The molecule has 0 fully saturated rings. The molecule has 6 heteroatoms. The average molecular weight is 352 g/mol. The van der Waals surface area contributed by atoms with E-state index in [9.17, 15) is 9.59 Å². The van der Waals surface area contributed by atoms with Crippen LogP contribution in [0.4, 0.5) is 5.69 Å². The molecule has 23 heavy (non-hydrogen) atoms. The fourth-order valence-electron chi connectivity index (χ4n) is 2.10. The Morgan fingerprint density at radius 3 is 2.48 bits per heavy atom. The van der Waals surface area contributed by atoms with Crippen molar-refractivity contribution >= 4 is 40.8 Å². The molecule has 0 aromatic heterocycles. The number of carbonyl (C=O) groups excluding carboxylic acids is 1. The van der Waals surface area contributed by atoms with Crippen molar-refractivity contribution in [2.45, 2.75) is 13.3 Å². The number of amides is 1. The molecular formula is C17H15Cl2NO3. The van der Waals surface area contributed by atoms with E-state index in [2.05, 4.69) is 5.32 Å². The van der Waals surface area contributed by atoms with E-state index in [1.54, 1.807) is 13.0 Å². The summed E-state index contributed by atoms with van der Waals surface area (Å²) in [6.45, 7) is 1.77. The fraction of sp³-hybridized carbons (Fsp3) is 0.176. The predicted octanol–water partition coefficient (Wildman–Crippen LogP) is 4.51. The lowest BCUT2D eigenvalue weighted by molar-refractivity contribution is -0.119. The van der Waals surface area contributed by atoms with E-state index in [0.717, 1.165) is 5.56 Å². The van der Waals surface area contributed by atoms with Crippen molar-refractivity contribution in [3.8, 4) is 0 Å². The number of hydrogen-bond donors (Lipinski definition) is 2. The lowest BCUT2D eigenvalue weighted by atomic mass is 10.00. The molecular weight excluding hydrogens is 337 g/mol. The molecule has 1 amide bonds.